The maximum Gasteiger partial charge on any atom is 0.313 e. The number of nitrogens with zero attached hydrogens (tertiary/aromatic N) is 1. The van der Waals surface area contributed by atoms with Gasteiger partial charge in [0.2, 0.25) is 0 Å². The van der Waals surface area contributed by atoms with Crippen LogP contribution in [0.2, 0.25) is 0 Å². The number of hydrogen-bond acceptors (Lipinski definition) is 3. The van der Waals surface area contributed by atoms with Crippen molar-refractivity contribution in [3.8, 4) is 11.8 Å². The highest BCUT2D eigenvalue weighted by Gasteiger charge is 2.11. The van der Waals surface area contributed by atoms with Gasteiger partial charge in [0, 0.05) is 0 Å². The minimum Gasteiger partial charge on any atom is -0.425 e. The van der Waals surface area contributed by atoms with Crippen molar-refractivity contribution < 1.29 is 9.53 Å². The van der Waals surface area contributed by atoms with Crippen LogP contribution in [0, 0.1) is 17.2 Å². The zero-order valence-electron chi connectivity index (χ0n) is 8.15. The summed E-state index contributed by atoms with van der Waals surface area (Å²) in [6.45, 7) is 3.49. The summed E-state index contributed by atoms with van der Waals surface area (Å²) in [7, 11) is 0. The van der Waals surface area contributed by atoms with Crippen molar-refractivity contribution in [1.29, 1.82) is 5.26 Å². The standard InChI is InChI=1S/C11H11NO2/c1-8(2)11(13)14-10-6-4-3-5-9(10)7-12/h3-6,8H,1-2H3. The van der Waals surface area contributed by atoms with Crippen LogP contribution in [0.3, 0.4) is 0 Å². The van der Waals surface area contributed by atoms with Crippen LogP contribution in [-0.2, 0) is 4.79 Å². The minimum atomic E-state index is -0.326. The van der Waals surface area contributed by atoms with Crippen molar-refractivity contribution >= 4 is 5.97 Å². The molecule has 0 aliphatic heterocycles. The molecule has 3 heteroatoms. The van der Waals surface area contributed by atoms with Crippen molar-refractivity contribution in [1.82, 2.24) is 0 Å². The van der Waals surface area contributed by atoms with E-state index >= 15 is 0 Å². The van der Waals surface area contributed by atoms with Crippen LogP contribution in [0.1, 0.15) is 19.4 Å². The fourth-order valence-corrected chi connectivity index (χ4v) is 0.874. The topological polar surface area (TPSA) is 50.1 Å². The maximum absolute atomic E-state index is 11.2. The van der Waals surface area contributed by atoms with E-state index in [0.717, 1.165) is 0 Å². The lowest BCUT2D eigenvalue weighted by Crippen LogP contribution is -2.15. The van der Waals surface area contributed by atoms with Gasteiger partial charge < -0.3 is 4.74 Å². The van der Waals surface area contributed by atoms with E-state index in [2.05, 4.69) is 0 Å². The highest BCUT2D eigenvalue weighted by atomic mass is 16.5. The molecule has 0 bridgehead atoms. The van der Waals surface area contributed by atoms with E-state index in [1.54, 1.807) is 38.1 Å². The second kappa shape index (κ2) is 4.43. The fourth-order valence-electron chi connectivity index (χ4n) is 0.874. The van der Waals surface area contributed by atoms with Crippen molar-refractivity contribution in [2.24, 2.45) is 5.92 Å². The summed E-state index contributed by atoms with van der Waals surface area (Å²) < 4.78 is 5.04. The predicted octanol–water partition coefficient (Wildman–Crippen LogP) is 2.12. The number of nitriles is 1. The van der Waals surface area contributed by atoms with Crippen LogP contribution < -0.4 is 4.74 Å². The lowest BCUT2D eigenvalue weighted by molar-refractivity contribution is -0.137. The number of ether oxygens (including phenoxy) is 1. The molecular formula is C11H11NO2. The first kappa shape index (κ1) is 10.3. The van der Waals surface area contributed by atoms with E-state index in [9.17, 15) is 4.79 Å². The first-order chi connectivity index (χ1) is 6.65. The Morgan fingerprint density at radius 3 is 2.64 bits per heavy atom. The number of benzene rings is 1. The highest BCUT2D eigenvalue weighted by molar-refractivity contribution is 5.75. The summed E-state index contributed by atoms with van der Waals surface area (Å²) in [5.74, 6) is -0.192. The Hall–Kier alpha value is -1.82. The number of esters is 1. The Balaban J connectivity index is 2.87. The van der Waals surface area contributed by atoms with E-state index in [0.29, 0.717) is 11.3 Å². The van der Waals surface area contributed by atoms with Gasteiger partial charge in [-0.05, 0) is 12.1 Å². The molecule has 0 amide bonds. The van der Waals surface area contributed by atoms with Crippen LogP contribution >= 0.6 is 0 Å². The second-order valence-electron chi connectivity index (χ2n) is 3.18. The summed E-state index contributed by atoms with van der Waals surface area (Å²) in [6, 6.07) is 8.64. The zero-order valence-corrected chi connectivity index (χ0v) is 8.15. The molecule has 0 aliphatic rings. The molecule has 72 valence electrons. The summed E-state index contributed by atoms with van der Waals surface area (Å²) in [6.07, 6.45) is 0. The van der Waals surface area contributed by atoms with Crippen molar-refractivity contribution in [2.45, 2.75) is 13.8 Å². The molecule has 0 aliphatic carbocycles. The van der Waals surface area contributed by atoms with Gasteiger partial charge in [-0.2, -0.15) is 5.26 Å². The van der Waals surface area contributed by atoms with E-state index < -0.39 is 0 Å². The molecule has 14 heavy (non-hydrogen) atoms. The quantitative estimate of drug-likeness (QED) is 0.529. The SMILES string of the molecule is CC(C)C(=O)Oc1ccccc1C#N. The molecule has 1 rings (SSSR count). The largest absolute Gasteiger partial charge is 0.425 e. The van der Waals surface area contributed by atoms with Gasteiger partial charge >= 0.3 is 5.97 Å². The lowest BCUT2D eigenvalue weighted by atomic mass is 10.2. The van der Waals surface area contributed by atoms with Gasteiger partial charge in [0.25, 0.3) is 0 Å². The number of rotatable bonds is 2. The van der Waals surface area contributed by atoms with Gasteiger partial charge in [0.1, 0.15) is 11.8 Å². The van der Waals surface area contributed by atoms with Gasteiger partial charge in [-0.25, -0.2) is 0 Å². The fraction of sp³-hybridized carbons (Fsp3) is 0.273. The molecule has 3 nitrogen and oxygen atoms in total. The molecule has 0 radical (unpaired) electrons. The van der Waals surface area contributed by atoms with Gasteiger partial charge in [0.05, 0.1) is 11.5 Å². The van der Waals surface area contributed by atoms with Gasteiger partial charge in [-0.15, -0.1) is 0 Å². The average molecular weight is 189 g/mol. The molecule has 0 N–H and O–H groups in total. The Kier molecular flexibility index (Phi) is 3.24. The summed E-state index contributed by atoms with van der Waals surface area (Å²) in [5, 5.41) is 8.73. The smallest absolute Gasteiger partial charge is 0.313 e. The summed E-state index contributed by atoms with van der Waals surface area (Å²) in [5.41, 5.74) is 0.376. The highest BCUT2D eigenvalue weighted by Crippen LogP contribution is 2.17. The van der Waals surface area contributed by atoms with Gasteiger partial charge in [-0.3, -0.25) is 4.79 Å². The minimum absolute atomic E-state index is 0.193. The Morgan fingerprint density at radius 2 is 2.07 bits per heavy atom. The summed E-state index contributed by atoms with van der Waals surface area (Å²) >= 11 is 0. The normalized spacial score (nSPS) is 9.57. The first-order valence-corrected chi connectivity index (χ1v) is 4.36. The molecule has 0 unspecified atom stereocenters. The molecule has 0 aromatic heterocycles. The number of para-hydroxylation sites is 1. The number of carbonyl (C=O) groups excluding carboxylic acids is 1. The molecule has 0 saturated heterocycles. The van der Waals surface area contributed by atoms with Crippen LogP contribution in [0.25, 0.3) is 0 Å². The van der Waals surface area contributed by atoms with Crippen LogP contribution in [0.5, 0.6) is 5.75 Å². The first-order valence-electron chi connectivity index (χ1n) is 4.36. The van der Waals surface area contributed by atoms with E-state index in [1.165, 1.54) is 0 Å². The third-order valence-corrected chi connectivity index (χ3v) is 1.69. The van der Waals surface area contributed by atoms with Gasteiger partial charge in [0.15, 0.2) is 0 Å². The molecule has 0 fully saturated rings. The molecule has 0 saturated carbocycles. The third kappa shape index (κ3) is 2.33. The summed E-state index contributed by atoms with van der Waals surface area (Å²) in [4.78, 5) is 11.2. The molecule has 0 heterocycles. The zero-order chi connectivity index (χ0) is 10.6. The monoisotopic (exact) mass is 189 g/mol. The third-order valence-electron chi connectivity index (χ3n) is 1.69. The van der Waals surface area contributed by atoms with Crippen molar-refractivity contribution in [3.05, 3.63) is 29.8 Å². The van der Waals surface area contributed by atoms with Crippen molar-refractivity contribution in [2.75, 3.05) is 0 Å². The predicted molar refractivity (Wildman–Crippen MR) is 51.6 cm³/mol. The number of carbonyl (C=O) groups is 1. The Bertz CT molecular complexity index is 377. The number of hydrogen-bond donors (Lipinski definition) is 0. The van der Waals surface area contributed by atoms with Crippen LogP contribution in [0.4, 0.5) is 0 Å². The van der Waals surface area contributed by atoms with E-state index in [1.807, 2.05) is 6.07 Å². The second-order valence-corrected chi connectivity index (χ2v) is 3.18. The molecule has 1 aromatic carbocycles. The molecule has 0 spiro atoms. The van der Waals surface area contributed by atoms with Crippen molar-refractivity contribution in [3.63, 3.8) is 0 Å². The Labute approximate surface area is 82.9 Å². The average Bonchev–Trinajstić information content (AvgIpc) is 2.18. The van der Waals surface area contributed by atoms with Crippen LogP contribution in [0.15, 0.2) is 24.3 Å². The molecule has 0 atom stereocenters. The van der Waals surface area contributed by atoms with Crippen LogP contribution in [-0.4, -0.2) is 5.97 Å². The molecule has 1 aromatic rings. The Morgan fingerprint density at radius 1 is 1.43 bits per heavy atom. The van der Waals surface area contributed by atoms with E-state index in [4.69, 9.17) is 10.00 Å². The van der Waals surface area contributed by atoms with E-state index in [-0.39, 0.29) is 11.9 Å². The lowest BCUT2D eigenvalue weighted by Gasteiger charge is -2.07. The maximum atomic E-state index is 11.2. The van der Waals surface area contributed by atoms with Gasteiger partial charge in [-0.1, -0.05) is 26.0 Å². The molecular weight excluding hydrogens is 178 g/mol.